The summed E-state index contributed by atoms with van der Waals surface area (Å²) in [5.74, 6) is 1.82. The Bertz CT molecular complexity index is 1570. The third kappa shape index (κ3) is 9.28. The Morgan fingerprint density at radius 1 is 0.915 bits per heavy atom. The molecule has 2 aromatic carbocycles. The number of benzene rings is 2. The first-order valence-corrected chi connectivity index (χ1v) is 18.4. The first kappa shape index (κ1) is 34.7. The molecule has 6 nitrogen and oxygen atoms in total. The second kappa shape index (κ2) is 16.0. The Hall–Kier alpha value is -3.58. The van der Waals surface area contributed by atoms with Crippen molar-refractivity contribution in [2.45, 2.75) is 110 Å². The molecule has 6 rings (SSSR count). The molecule has 0 spiro atoms. The van der Waals surface area contributed by atoms with Gasteiger partial charge in [-0.2, -0.15) is 4.98 Å². The maximum absolute atomic E-state index is 6.60. The lowest BCUT2D eigenvalue weighted by atomic mass is 9.85. The van der Waals surface area contributed by atoms with Crippen LogP contribution >= 0.6 is 11.9 Å². The summed E-state index contributed by atoms with van der Waals surface area (Å²) in [6, 6.07) is 21.8. The molecule has 3 heterocycles. The Balaban J connectivity index is 0.00000213. The zero-order valence-electron chi connectivity index (χ0n) is 29.5. The van der Waals surface area contributed by atoms with Gasteiger partial charge in [0.15, 0.2) is 0 Å². The van der Waals surface area contributed by atoms with Crippen LogP contribution < -0.4 is 14.4 Å². The van der Waals surface area contributed by atoms with Crippen molar-refractivity contribution in [1.29, 1.82) is 0 Å². The third-order valence-corrected chi connectivity index (χ3v) is 9.87. The molecule has 4 aromatic rings. The molecule has 0 amide bonds. The second-order valence-electron chi connectivity index (χ2n) is 14.0. The van der Waals surface area contributed by atoms with Gasteiger partial charge in [-0.25, -0.2) is 4.98 Å². The minimum Gasteiger partial charge on any atom is -0.475 e. The fourth-order valence-corrected chi connectivity index (χ4v) is 7.51. The van der Waals surface area contributed by atoms with E-state index in [1.807, 2.05) is 19.9 Å². The molecule has 1 aliphatic heterocycles. The van der Waals surface area contributed by atoms with E-state index >= 15 is 0 Å². The van der Waals surface area contributed by atoms with Gasteiger partial charge in [-0.15, -0.1) is 0 Å². The lowest BCUT2D eigenvalue weighted by Gasteiger charge is -2.37. The van der Waals surface area contributed by atoms with E-state index in [4.69, 9.17) is 19.7 Å². The second-order valence-corrected chi connectivity index (χ2v) is 14.9. The normalized spacial score (nSPS) is 16.9. The number of nitrogens with zero attached hydrogens (tertiary/aromatic N) is 4. The predicted octanol–water partition coefficient (Wildman–Crippen LogP) is 10.6. The molecular formula is C40H53N5OS. The summed E-state index contributed by atoms with van der Waals surface area (Å²) < 4.78 is 10.00. The zero-order valence-corrected chi connectivity index (χ0v) is 30.3. The molecule has 1 fully saturated rings. The van der Waals surface area contributed by atoms with Gasteiger partial charge in [0.05, 0.1) is 11.7 Å². The summed E-state index contributed by atoms with van der Waals surface area (Å²) in [6.07, 6.45) is 10.6. The molecule has 1 atom stereocenters. The van der Waals surface area contributed by atoms with E-state index in [9.17, 15) is 0 Å². The van der Waals surface area contributed by atoms with Crippen LogP contribution in [0.5, 0.6) is 5.88 Å². The Morgan fingerprint density at radius 3 is 2.36 bits per heavy atom. The van der Waals surface area contributed by atoms with Crippen LogP contribution in [0.25, 0.3) is 11.3 Å². The summed E-state index contributed by atoms with van der Waals surface area (Å²) in [7, 11) is 0. The molecule has 47 heavy (non-hydrogen) atoms. The molecule has 1 N–H and O–H groups in total. The van der Waals surface area contributed by atoms with Crippen LogP contribution in [0.2, 0.25) is 0 Å². The van der Waals surface area contributed by atoms with Crippen molar-refractivity contribution in [3.63, 3.8) is 0 Å². The van der Waals surface area contributed by atoms with Crippen molar-refractivity contribution in [1.82, 2.24) is 15.0 Å². The van der Waals surface area contributed by atoms with Gasteiger partial charge in [-0.05, 0) is 97.3 Å². The number of anilines is 2. The van der Waals surface area contributed by atoms with Gasteiger partial charge in [0.25, 0.3) is 0 Å². The smallest absolute Gasteiger partial charge is 0.237 e. The van der Waals surface area contributed by atoms with Gasteiger partial charge in [0, 0.05) is 47.1 Å². The molecule has 2 aromatic heterocycles. The number of rotatable bonds is 6. The summed E-state index contributed by atoms with van der Waals surface area (Å²) in [4.78, 5) is 18.3. The van der Waals surface area contributed by atoms with E-state index in [1.165, 1.54) is 66.4 Å². The molecule has 0 radical (unpaired) electrons. The van der Waals surface area contributed by atoms with Crippen LogP contribution in [0.4, 0.5) is 11.6 Å². The van der Waals surface area contributed by atoms with Crippen LogP contribution in [0.15, 0.2) is 71.8 Å². The van der Waals surface area contributed by atoms with E-state index < -0.39 is 0 Å². The molecule has 7 heteroatoms. The fraction of sp³-hybridized carbons (Fsp3) is 0.475. The van der Waals surface area contributed by atoms with Crippen molar-refractivity contribution in [3.8, 4) is 17.1 Å². The molecule has 4 bridgehead atoms. The third-order valence-electron chi connectivity index (χ3n) is 9.09. The van der Waals surface area contributed by atoms with Gasteiger partial charge in [-0.1, -0.05) is 84.2 Å². The first-order valence-electron chi connectivity index (χ1n) is 17.5. The number of aryl methyl sites for hydroxylation is 2. The van der Waals surface area contributed by atoms with Gasteiger partial charge >= 0.3 is 0 Å². The highest BCUT2D eigenvalue weighted by molar-refractivity contribution is 8.00. The lowest BCUT2D eigenvalue weighted by Crippen LogP contribution is -2.43. The molecular weight excluding hydrogens is 599 g/mol. The average molecular weight is 652 g/mol. The minimum atomic E-state index is 0.109. The van der Waals surface area contributed by atoms with E-state index in [1.54, 1.807) is 0 Å². The van der Waals surface area contributed by atoms with Crippen molar-refractivity contribution in [2.24, 2.45) is 5.41 Å². The van der Waals surface area contributed by atoms with Crippen molar-refractivity contribution < 1.29 is 4.74 Å². The molecule has 1 unspecified atom stereocenters. The Morgan fingerprint density at radius 2 is 1.66 bits per heavy atom. The van der Waals surface area contributed by atoms with Gasteiger partial charge in [0.2, 0.25) is 11.8 Å². The quantitative estimate of drug-likeness (QED) is 0.208. The maximum Gasteiger partial charge on any atom is 0.237 e. The number of hydrogen-bond acceptors (Lipinski definition) is 7. The molecule has 0 saturated heterocycles. The van der Waals surface area contributed by atoms with Gasteiger partial charge in [0.1, 0.15) is 6.61 Å². The van der Waals surface area contributed by atoms with Crippen LogP contribution in [-0.2, 0) is 6.42 Å². The van der Waals surface area contributed by atoms with Crippen LogP contribution in [0.3, 0.4) is 0 Å². The Labute approximate surface area is 287 Å². The van der Waals surface area contributed by atoms with Gasteiger partial charge in [-0.3, -0.25) is 9.71 Å². The summed E-state index contributed by atoms with van der Waals surface area (Å²) >= 11 is 1.53. The van der Waals surface area contributed by atoms with Crippen LogP contribution in [-0.4, -0.2) is 34.1 Å². The highest BCUT2D eigenvalue weighted by Gasteiger charge is 2.27. The van der Waals surface area contributed by atoms with E-state index in [2.05, 4.69) is 105 Å². The largest absolute Gasteiger partial charge is 0.475 e. The van der Waals surface area contributed by atoms with Crippen molar-refractivity contribution in [2.75, 3.05) is 22.8 Å². The van der Waals surface area contributed by atoms with Crippen LogP contribution in [0, 0.1) is 19.3 Å². The summed E-state index contributed by atoms with van der Waals surface area (Å²) in [5, 5.41) is 0. The maximum atomic E-state index is 6.60. The molecule has 250 valence electrons. The van der Waals surface area contributed by atoms with Crippen LogP contribution in [0.1, 0.15) is 101 Å². The van der Waals surface area contributed by atoms with E-state index in [0.29, 0.717) is 24.4 Å². The van der Waals surface area contributed by atoms with E-state index in [-0.39, 0.29) is 11.5 Å². The number of aromatic nitrogens is 3. The zero-order chi connectivity index (χ0) is 33.4. The molecule has 2 aliphatic rings. The predicted molar refractivity (Wildman–Crippen MR) is 199 cm³/mol. The SMILES string of the molecule is CC.Cc1cccc(C)c1-c1cc2nc(n1)NSc1cccc(c1)N(CCc1ccc(C3CCCCC3)cn1)C(CC(C)(C)C)CO2. The number of ether oxygens (including phenoxy) is 1. The van der Waals surface area contributed by atoms with Gasteiger partial charge < -0.3 is 9.64 Å². The molecule has 1 aliphatic carbocycles. The van der Waals surface area contributed by atoms with Crippen molar-refractivity contribution >= 4 is 23.6 Å². The highest BCUT2D eigenvalue weighted by atomic mass is 32.2. The minimum absolute atomic E-state index is 0.109. The average Bonchev–Trinajstić information content (AvgIpc) is 3.07. The monoisotopic (exact) mass is 651 g/mol. The standard InChI is InChI=1S/C38H47N5OS.C2H6/c1-26-11-9-12-27(2)36(26)34-22-35-41-37(40-34)42-45-33-16-10-15-31(21-33)43(32(25-44-35)23-38(3,4)5)20-19-30-18-17-29(24-39-30)28-13-7-6-8-14-28;1-2/h9-12,15-18,21-22,24,28,32H,6-8,13-14,19-20,23,25H2,1-5H3,(H,40,41,42);1-2H3. The number of pyridine rings is 1. The van der Waals surface area contributed by atoms with Crippen molar-refractivity contribution in [3.05, 3.63) is 89.2 Å². The summed E-state index contributed by atoms with van der Waals surface area (Å²) in [6.45, 7) is 16.6. The Kier molecular flexibility index (Phi) is 11.8. The topological polar surface area (TPSA) is 63.2 Å². The number of fused-ring (bicyclic) bond motifs is 4. The fourth-order valence-electron chi connectivity index (χ4n) is 6.89. The van der Waals surface area contributed by atoms with E-state index in [0.717, 1.165) is 41.2 Å². The molecule has 1 saturated carbocycles. The number of hydrogen-bond donors (Lipinski definition) is 1. The highest BCUT2D eigenvalue weighted by Crippen LogP contribution is 2.35. The number of nitrogens with one attached hydrogen (secondary N) is 1. The first-order chi connectivity index (χ1) is 22.7. The summed E-state index contributed by atoms with van der Waals surface area (Å²) in [5.41, 5.74) is 8.22. The lowest BCUT2D eigenvalue weighted by molar-refractivity contribution is 0.227.